The van der Waals surface area contributed by atoms with E-state index in [4.69, 9.17) is 5.73 Å². The van der Waals surface area contributed by atoms with Crippen molar-refractivity contribution in [3.05, 3.63) is 60.6 Å². The topological polar surface area (TPSA) is 94.5 Å². The number of aryl methyl sites for hydroxylation is 1. The molecular formula is C18H17N7. The van der Waals surface area contributed by atoms with Crippen molar-refractivity contribution in [3.63, 3.8) is 0 Å². The lowest BCUT2D eigenvalue weighted by Crippen LogP contribution is -2.01. The van der Waals surface area contributed by atoms with Crippen molar-refractivity contribution in [2.75, 3.05) is 5.32 Å². The summed E-state index contributed by atoms with van der Waals surface area (Å²) >= 11 is 0. The summed E-state index contributed by atoms with van der Waals surface area (Å²) in [5, 5.41) is 3.22. The Bertz CT molecular complexity index is 1020. The molecule has 25 heavy (non-hydrogen) atoms. The van der Waals surface area contributed by atoms with E-state index in [1.807, 2.05) is 48.0 Å². The van der Waals surface area contributed by atoms with Crippen molar-refractivity contribution in [2.45, 2.75) is 6.54 Å². The Morgan fingerprint density at radius 3 is 2.76 bits per heavy atom. The summed E-state index contributed by atoms with van der Waals surface area (Å²) in [7, 11) is 1.94. The van der Waals surface area contributed by atoms with Gasteiger partial charge in [-0.2, -0.15) is 4.98 Å². The molecule has 3 N–H and O–H groups in total. The van der Waals surface area contributed by atoms with Gasteiger partial charge in [-0.1, -0.05) is 12.1 Å². The van der Waals surface area contributed by atoms with Crippen LogP contribution in [0.4, 0.5) is 11.6 Å². The number of nitrogens with zero attached hydrogens (tertiary/aromatic N) is 5. The van der Waals surface area contributed by atoms with Gasteiger partial charge in [0.2, 0.25) is 5.95 Å². The van der Waals surface area contributed by atoms with Crippen molar-refractivity contribution < 1.29 is 0 Å². The molecule has 7 nitrogen and oxygen atoms in total. The van der Waals surface area contributed by atoms with E-state index in [0.717, 1.165) is 33.8 Å². The number of rotatable bonds is 4. The van der Waals surface area contributed by atoms with Gasteiger partial charge in [0, 0.05) is 37.2 Å². The maximum Gasteiger partial charge on any atom is 0.229 e. The number of fused-ring (bicyclic) bond motifs is 1. The van der Waals surface area contributed by atoms with Gasteiger partial charge in [0.1, 0.15) is 11.3 Å². The molecule has 1 aromatic carbocycles. The first-order valence-electron chi connectivity index (χ1n) is 7.90. The molecule has 0 unspecified atom stereocenters. The second kappa shape index (κ2) is 6.29. The summed E-state index contributed by atoms with van der Waals surface area (Å²) in [5.74, 6) is 1.35. The zero-order valence-electron chi connectivity index (χ0n) is 13.7. The minimum atomic E-state index is 0.492. The summed E-state index contributed by atoms with van der Waals surface area (Å²) in [5.41, 5.74) is 10.1. The van der Waals surface area contributed by atoms with Crippen molar-refractivity contribution >= 4 is 22.8 Å². The van der Waals surface area contributed by atoms with E-state index in [1.54, 1.807) is 18.6 Å². The van der Waals surface area contributed by atoms with Gasteiger partial charge in [-0.25, -0.2) is 9.97 Å². The van der Waals surface area contributed by atoms with Crippen LogP contribution in [0.25, 0.3) is 22.6 Å². The Morgan fingerprint density at radius 1 is 1.12 bits per heavy atom. The molecule has 0 aliphatic rings. The number of nitrogens with two attached hydrogens (primary N) is 1. The Labute approximate surface area is 144 Å². The van der Waals surface area contributed by atoms with Crippen LogP contribution < -0.4 is 11.1 Å². The van der Waals surface area contributed by atoms with Crippen LogP contribution in [0.15, 0.2) is 55.0 Å². The molecule has 0 spiro atoms. The summed E-state index contributed by atoms with van der Waals surface area (Å²) in [6.45, 7) is 0.492. The fourth-order valence-electron chi connectivity index (χ4n) is 2.71. The molecular weight excluding hydrogens is 314 g/mol. The van der Waals surface area contributed by atoms with Crippen LogP contribution in [0.3, 0.4) is 0 Å². The maximum atomic E-state index is 5.69. The van der Waals surface area contributed by atoms with Crippen LogP contribution in [0.2, 0.25) is 0 Å². The van der Waals surface area contributed by atoms with Crippen molar-refractivity contribution in [1.82, 2.24) is 24.5 Å². The van der Waals surface area contributed by atoms with Gasteiger partial charge < -0.3 is 15.6 Å². The van der Waals surface area contributed by atoms with Gasteiger partial charge in [-0.3, -0.25) is 4.98 Å². The Kier molecular flexibility index (Phi) is 3.83. The smallest absolute Gasteiger partial charge is 0.229 e. The molecule has 0 radical (unpaired) electrons. The van der Waals surface area contributed by atoms with Gasteiger partial charge in [0.15, 0.2) is 5.65 Å². The van der Waals surface area contributed by atoms with Crippen molar-refractivity contribution in [1.29, 1.82) is 0 Å². The molecule has 0 aliphatic heterocycles. The number of pyridine rings is 1. The van der Waals surface area contributed by atoms with E-state index in [9.17, 15) is 0 Å². The zero-order valence-corrected chi connectivity index (χ0v) is 13.7. The van der Waals surface area contributed by atoms with E-state index in [1.165, 1.54) is 0 Å². The lowest BCUT2D eigenvalue weighted by Gasteiger charge is -2.06. The minimum Gasteiger partial charge on any atom is -0.326 e. The van der Waals surface area contributed by atoms with Gasteiger partial charge in [0.05, 0.1) is 6.20 Å². The lowest BCUT2D eigenvalue weighted by atomic mass is 10.2. The van der Waals surface area contributed by atoms with Gasteiger partial charge in [0.25, 0.3) is 0 Å². The molecule has 0 saturated carbocycles. The maximum absolute atomic E-state index is 5.69. The first-order valence-corrected chi connectivity index (χ1v) is 7.90. The summed E-state index contributed by atoms with van der Waals surface area (Å²) in [6, 6.07) is 11.7. The summed E-state index contributed by atoms with van der Waals surface area (Å²) < 4.78 is 1.95. The third-order valence-electron chi connectivity index (χ3n) is 3.97. The zero-order chi connectivity index (χ0) is 17.2. The number of aromatic nitrogens is 5. The van der Waals surface area contributed by atoms with E-state index in [2.05, 4.69) is 25.3 Å². The average molecular weight is 331 g/mol. The molecule has 0 amide bonds. The monoisotopic (exact) mass is 331 g/mol. The van der Waals surface area contributed by atoms with Crippen LogP contribution in [0.5, 0.6) is 0 Å². The largest absolute Gasteiger partial charge is 0.326 e. The van der Waals surface area contributed by atoms with Crippen LogP contribution >= 0.6 is 0 Å². The highest BCUT2D eigenvalue weighted by Crippen LogP contribution is 2.23. The molecule has 3 heterocycles. The molecule has 0 aliphatic carbocycles. The second-order valence-electron chi connectivity index (χ2n) is 5.66. The third kappa shape index (κ3) is 2.92. The Morgan fingerprint density at radius 2 is 1.96 bits per heavy atom. The molecule has 0 bridgehead atoms. The second-order valence-corrected chi connectivity index (χ2v) is 5.66. The quantitative estimate of drug-likeness (QED) is 0.597. The highest BCUT2D eigenvalue weighted by atomic mass is 15.2. The molecule has 0 fully saturated rings. The number of hydrogen-bond acceptors (Lipinski definition) is 6. The lowest BCUT2D eigenvalue weighted by molar-refractivity contribution is 0.939. The van der Waals surface area contributed by atoms with Gasteiger partial charge in [-0.15, -0.1) is 0 Å². The predicted octanol–water partition coefficient (Wildman–Crippen LogP) is 2.63. The molecule has 0 atom stereocenters. The summed E-state index contributed by atoms with van der Waals surface area (Å²) in [6.07, 6.45) is 5.22. The van der Waals surface area contributed by atoms with Crippen molar-refractivity contribution in [3.8, 4) is 11.4 Å². The van der Waals surface area contributed by atoms with Crippen LogP contribution in [-0.4, -0.2) is 24.5 Å². The normalized spacial score (nSPS) is 11.0. The highest BCUT2D eigenvalue weighted by Gasteiger charge is 2.12. The van der Waals surface area contributed by atoms with Crippen LogP contribution in [0.1, 0.15) is 5.56 Å². The molecule has 3 aromatic heterocycles. The molecule has 124 valence electrons. The van der Waals surface area contributed by atoms with Gasteiger partial charge >= 0.3 is 0 Å². The first-order chi connectivity index (χ1) is 12.2. The molecule has 4 aromatic rings. The van der Waals surface area contributed by atoms with Crippen molar-refractivity contribution in [2.24, 2.45) is 12.8 Å². The summed E-state index contributed by atoms with van der Waals surface area (Å²) in [4.78, 5) is 17.6. The first kappa shape index (κ1) is 15.2. The molecule has 0 saturated heterocycles. The number of benzene rings is 1. The minimum absolute atomic E-state index is 0.492. The van der Waals surface area contributed by atoms with Crippen LogP contribution in [0, 0.1) is 0 Å². The number of hydrogen-bond donors (Lipinski definition) is 2. The van der Waals surface area contributed by atoms with E-state index >= 15 is 0 Å². The molecule has 4 rings (SSSR count). The Hall–Kier alpha value is -3.32. The standard InChI is InChI=1S/C18H17N7/c1-25-16(13-5-7-20-8-6-13)23-15-11-21-18(24-17(15)25)22-14-4-2-3-12(9-14)10-19/h2-9,11H,10,19H2,1H3,(H,21,22,24). The number of nitrogens with one attached hydrogen (secondary N) is 1. The van der Waals surface area contributed by atoms with E-state index in [-0.39, 0.29) is 0 Å². The SMILES string of the molecule is Cn1c(-c2ccncc2)nc2cnc(Nc3cccc(CN)c3)nc21. The Balaban J connectivity index is 1.71. The fourth-order valence-corrected chi connectivity index (χ4v) is 2.71. The molecule has 7 heteroatoms. The predicted molar refractivity (Wildman–Crippen MR) is 97.2 cm³/mol. The van der Waals surface area contributed by atoms with E-state index < -0.39 is 0 Å². The highest BCUT2D eigenvalue weighted by molar-refractivity contribution is 5.77. The van der Waals surface area contributed by atoms with Gasteiger partial charge in [-0.05, 0) is 29.8 Å². The van der Waals surface area contributed by atoms with E-state index in [0.29, 0.717) is 12.5 Å². The number of anilines is 2. The average Bonchev–Trinajstić information content (AvgIpc) is 2.99. The third-order valence-corrected chi connectivity index (χ3v) is 3.97. The number of imidazole rings is 1. The van der Waals surface area contributed by atoms with Crippen LogP contribution in [-0.2, 0) is 13.6 Å². The fraction of sp³-hybridized carbons (Fsp3) is 0.111.